The number of benzene rings is 2. The summed E-state index contributed by atoms with van der Waals surface area (Å²) < 4.78 is 7.00. The highest BCUT2D eigenvalue weighted by atomic mass is 127. The largest absolute Gasteiger partial charge is 0.506 e. The molecule has 0 fully saturated rings. The Morgan fingerprint density at radius 3 is 2.92 bits per heavy atom. The van der Waals surface area contributed by atoms with E-state index in [2.05, 4.69) is 26.5 Å². The monoisotopic (exact) mass is 502 g/mol. The molecule has 2 aromatic rings. The summed E-state index contributed by atoms with van der Waals surface area (Å²) in [7, 11) is 0. The van der Waals surface area contributed by atoms with Crippen LogP contribution in [0.1, 0.15) is 16.7 Å². The lowest BCUT2D eigenvalue weighted by molar-refractivity contribution is -0.123. The van der Waals surface area contributed by atoms with Crippen LogP contribution >= 0.6 is 38.5 Å². The SMILES string of the molecule is Cc1cccc(OCC(=O)N/N=C\c2cc(Br)cc(I)c2O)c1C. The molecule has 5 nitrogen and oxygen atoms in total. The van der Waals surface area contributed by atoms with E-state index in [0.29, 0.717) is 14.9 Å². The van der Waals surface area contributed by atoms with Gasteiger partial charge in [-0.2, -0.15) is 5.10 Å². The fourth-order valence-corrected chi connectivity index (χ4v) is 3.46. The van der Waals surface area contributed by atoms with E-state index in [1.165, 1.54) is 6.21 Å². The first kappa shape index (κ1) is 18.7. The highest BCUT2D eigenvalue weighted by molar-refractivity contribution is 14.1. The van der Waals surface area contributed by atoms with Crippen molar-refractivity contribution in [2.75, 3.05) is 6.61 Å². The molecule has 0 radical (unpaired) electrons. The van der Waals surface area contributed by atoms with Crippen molar-refractivity contribution in [1.29, 1.82) is 0 Å². The zero-order valence-electron chi connectivity index (χ0n) is 13.1. The summed E-state index contributed by atoms with van der Waals surface area (Å²) >= 11 is 5.36. The lowest BCUT2D eigenvalue weighted by Crippen LogP contribution is -2.24. The summed E-state index contributed by atoms with van der Waals surface area (Å²) in [5, 5.41) is 13.8. The van der Waals surface area contributed by atoms with Gasteiger partial charge in [-0.15, -0.1) is 0 Å². The number of carbonyl (C=O) groups is 1. The van der Waals surface area contributed by atoms with Gasteiger partial charge in [-0.25, -0.2) is 5.43 Å². The normalized spacial score (nSPS) is 10.8. The third kappa shape index (κ3) is 4.94. The van der Waals surface area contributed by atoms with Crippen LogP contribution in [-0.2, 0) is 4.79 Å². The minimum atomic E-state index is -0.378. The third-order valence-electron chi connectivity index (χ3n) is 3.36. The van der Waals surface area contributed by atoms with Crippen LogP contribution in [0.25, 0.3) is 0 Å². The van der Waals surface area contributed by atoms with Gasteiger partial charge in [0.25, 0.3) is 5.91 Å². The van der Waals surface area contributed by atoms with Gasteiger partial charge >= 0.3 is 0 Å². The van der Waals surface area contributed by atoms with Gasteiger partial charge in [-0.05, 0) is 65.8 Å². The highest BCUT2D eigenvalue weighted by Crippen LogP contribution is 2.27. The number of phenolic OH excluding ortho intramolecular Hbond substituents is 1. The molecule has 0 spiro atoms. The Morgan fingerprint density at radius 2 is 2.17 bits per heavy atom. The van der Waals surface area contributed by atoms with Gasteiger partial charge in [0.2, 0.25) is 0 Å². The molecule has 0 unspecified atom stereocenters. The summed E-state index contributed by atoms with van der Waals surface area (Å²) in [6, 6.07) is 9.17. The minimum Gasteiger partial charge on any atom is -0.506 e. The van der Waals surface area contributed by atoms with Crippen LogP contribution in [0.4, 0.5) is 0 Å². The molecule has 0 aliphatic heterocycles. The number of nitrogens with one attached hydrogen (secondary N) is 1. The van der Waals surface area contributed by atoms with Gasteiger partial charge < -0.3 is 9.84 Å². The Hall–Kier alpha value is -1.61. The van der Waals surface area contributed by atoms with E-state index in [0.717, 1.165) is 15.6 Å². The highest BCUT2D eigenvalue weighted by Gasteiger charge is 2.07. The molecule has 0 aromatic heterocycles. The first-order valence-electron chi connectivity index (χ1n) is 7.07. The fourth-order valence-electron chi connectivity index (χ4n) is 1.91. The summed E-state index contributed by atoms with van der Waals surface area (Å²) in [5.41, 5.74) is 4.99. The molecule has 0 atom stereocenters. The average Bonchev–Trinajstić information content (AvgIpc) is 2.53. The van der Waals surface area contributed by atoms with E-state index < -0.39 is 0 Å². The molecule has 1 amide bonds. The smallest absolute Gasteiger partial charge is 0.277 e. The number of hydrogen-bond acceptors (Lipinski definition) is 4. The van der Waals surface area contributed by atoms with E-state index in [1.807, 2.05) is 54.6 Å². The van der Waals surface area contributed by atoms with Crippen molar-refractivity contribution in [3.8, 4) is 11.5 Å². The Labute approximate surface area is 162 Å². The molecule has 0 heterocycles. The van der Waals surface area contributed by atoms with Crippen LogP contribution in [0, 0.1) is 17.4 Å². The molecule has 7 heteroatoms. The van der Waals surface area contributed by atoms with Crippen LogP contribution in [0.3, 0.4) is 0 Å². The average molecular weight is 503 g/mol. The molecule has 0 bridgehead atoms. The molecule has 0 saturated carbocycles. The predicted molar refractivity (Wildman–Crippen MR) is 106 cm³/mol. The maximum atomic E-state index is 11.8. The van der Waals surface area contributed by atoms with Crippen molar-refractivity contribution in [2.45, 2.75) is 13.8 Å². The molecule has 0 aliphatic carbocycles. The maximum absolute atomic E-state index is 11.8. The summed E-state index contributed by atoms with van der Waals surface area (Å²) in [6.07, 6.45) is 1.39. The molecule has 24 heavy (non-hydrogen) atoms. The van der Waals surface area contributed by atoms with Crippen LogP contribution < -0.4 is 10.2 Å². The Morgan fingerprint density at radius 1 is 1.42 bits per heavy atom. The molecule has 2 aromatic carbocycles. The zero-order chi connectivity index (χ0) is 17.7. The minimum absolute atomic E-state index is 0.114. The third-order valence-corrected chi connectivity index (χ3v) is 4.64. The Kier molecular flexibility index (Phi) is 6.61. The van der Waals surface area contributed by atoms with E-state index >= 15 is 0 Å². The first-order valence-corrected chi connectivity index (χ1v) is 8.94. The topological polar surface area (TPSA) is 70.9 Å². The standard InChI is InChI=1S/C17H16BrIN2O3/c1-10-4-3-5-15(11(10)2)24-9-16(22)21-20-8-12-6-13(18)7-14(19)17(12)23/h3-8,23H,9H2,1-2H3,(H,21,22)/b20-8-. The molecule has 2 rings (SSSR count). The van der Waals surface area contributed by atoms with Gasteiger partial charge in [0.15, 0.2) is 6.61 Å². The second kappa shape index (κ2) is 8.48. The van der Waals surface area contributed by atoms with Crippen molar-refractivity contribution in [2.24, 2.45) is 5.10 Å². The molecular formula is C17H16BrIN2O3. The Balaban J connectivity index is 1.93. The van der Waals surface area contributed by atoms with Crippen LogP contribution in [0.2, 0.25) is 0 Å². The first-order chi connectivity index (χ1) is 11.4. The summed E-state index contributed by atoms with van der Waals surface area (Å²) in [4.78, 5) is 11.8. The van der Waals surface area contributed by atoms with Crippen LogP contribution in [-0.4, -0.2) is 23.8 Å². The zero-order valence-corrected chi connectivity index (χ0v) is 16.9. The van der Waals surface area contributed by atoms with Crippen molar-refractivity contribution in [1.82, 2.24) is 5.43 Å². The number of phenols is 1. The van der Waals surface area contributed by atoms with E-state index in [4.69, 9.17) is 4.74 Å². The van der Waals surface area contributed by atoms with Crippen LogP contribution in [0.5, 0.6) is 11.5 Å². The number of hydrogen-bond donors (Lipinski definition) is 2. The fraction of sp³-hybridized carbons (Fsp3) is 0.176. The maximum Gasteiger partial charge on any atom is 0.277 e. The number of ether oxygens (including phenoxy) is 1. The lowest BCUT2D eigenvalue weighted by Gasteiger charge is -2.09. The van der Waals surface area contributed by atoms with E-state index in [-0.39, 0.29) is 18.3 Å². The second-order valence-electron chi connectivity index (χ2n) is 5.11. The van der Waals surface area contributed by atoms with Crippen molar-refractivity contribution < 1.29 is 14.6 Å². The number of aryl methyl sites for hydroxylation is 1. The number of rotatable bonds is 5. The van der Waals surface area contributed by atoms with E-state index in [9.17, 15) is 9.90 Å². The van der Waals surface area contributed by atoms with Crippen molar-refractivity contribution in [3.63, 3.8) is 0 Å². The summed E-state index contributed by atoms with van der Waals surface area (Å²) in [5.74, 6) is 0.410. The van der Waals surface area contributed by atoms with Gasteiger partial charge in [0.05, 0.1) is 9.78 Å². The summed E-state index contributed by atoms with van der Waals surface area (Å²) in [6.45, 7) is 3.79. The lowest BCUT2D eigenvalue weighted by atomic mass is 10.1. The molecule has 0 aliphatic rings. The molecular weight excluding hydrogens is 487 g/mol. The van der Waals surface area contributed by atoms with Crippen molar-refractivity contribution >= 4 is 50.6 Å². The number of aromatic hydroxyl groups is 1. The molecule has 2 N–H and O–H groups in total. The number of nitrogens with zero attached hydrogens (tertiary/aromatic N) is 1. The number of halogens is 2. The second-order valence-corrected chi connectivity index (χ2v) is 7.18. The van der Waals surface area contributed by atoms with Gasteiger partial charge in [0, 0.05) is 10.0 Å². The number of amides is 1. The van der Waals surface area contributed by atoms with Crippen molar-refractivity contribution in [3.05, 3.63) is 55.1 Å². The molecule has 0 saturated heterocycles. The van der Waals surface area contributed by atoms with Gasteiger partial charge in [-0.3, -0.25) is 4.79 Å². The van der Waals surface area contributed by atoms with Gasteiger partial charge in [0.1, 0.15) is 11.5 Å². The van der Waals surface area contributed by atoms with E-state index in [1.54, 1.807) is 12.1 Å². The van der Waals surface area contributed by atoms with Gasteiger partial charge in [-0.1, -0.05) is 28.1 Å². The predicted octanol–water partition coefficient (Wildman–Crippen LogP) is 3.91. The van der Waals surface area contributed by atoms with Crippen LogP contribution in [0.15, 0.2) is 39.9 Å². The number of carbonyl (C=O) groups excluding carboxylic acids is 1. The Bertz CT molecular complexity index is 794. The quantitative estimate of drug-likeness (QED) is 0.370. The number of hydrazone groups is 1. The molecule has 126 valence electrons.